The first-order valence-corrected chi connectivity index (χ1v) is 10.4. The van der Waals surface area contributed by atoms with Gasteiger partial charge in [0, 0.05) is 24.2 Å². The minimum atomic E-state index is -0.753. The van der Waals surface area contributed by atoms with Crippen molar-refractivity contribution in [1.82, 2.24) is 20.4 Å². The SMILES string of the molecule is C#CC(CC1CCNC1=O)NC(=O)C1CCc2ccc(NC(=O)c3cc(C)on3)c(=O)n21. The van der Waals surface area contributed by atoms with Crippen LogP contribution in [0.25, 0.3) is 0 Å². The van der Waals surface area contributed by atoms with Crippen molar-refractivity contribution in [3.63, 3.8) is 0 Å². The van der Waals surface area contributed by atoms with Gasteiger partial charge in [-0.2, -0.15) is 0 Å². The van der Waals surface area contributed by atoms with Gasteiger partial charge in [0.25, 0.3) is 11.5 Å². The summed E-state index contributed by atoms with van der Waals surface area (Å²) >= 11 is 0. The molecule has 32 heavy (non-hydrogen) atoms. The van der Waals surface area contributed by atoms with Crippen LogP contribution in [0.15, 0.2) is 27.5 Å². The number of pyridine rings is 1. The van der Waals surface area contributed by atoms with Crippen molar-refractivity contribution >= 4 is 23.4 Å². The number of nitrogens with one attached hydrogen (secondary N) is 3. The van der Waals surface area contributed by atoms with Crippen LogP contribution in [0.4, 0.5) is 5.69 Å². The highest BCUT2D eigenvalue weighted by Gasteiger charge is 2.33. The number of aromatic nitrogens is 2. The first-order chi connectivity index (χ1) is 15.4. The molecular formula is C22H23N5O5. The molecule has 3 unspecified atom stereocenters. The lowest BCUT2D eigenvalue weighted by molar-refractivity contribution is -0.126. The van der Waals surface area contributed by atoms with E-state index in [1.54, 1.807) is 13.0 Å². The molecule has 4 rings (SSSR count). The topological polar surface area (TPSA) is 135 Å². The van der Waals surface area contributed by atoms with Crippen LogP contribution in [0.5, 0.6) is 0 Å². The molecule has 0 radical (unpaired) electrons. The number of amides is 3. The first-order valence-electron chi connectivity index (χ1n) is 10.4. The number of fused-ring (bicyclic) bond motifs is 1. The summed E-state index contributed by atoms with van der Waals surface area (Å²) in [7, 11) is 0. The molecule has 2 aromatic rings. The molecule has 2 aliphatic rings. The van der Waals surface area contributed by atoms with Gasteiger partial charge in [0.15, 0.2) is 5.69 Å². The third-order valence-corrected chi connectivity index (χ3v) is 5.80. The Kier molecular flexibility index (Phi) is 5.81. The fraction of sp³-hybridized carbons (Fsp3) is 0.409. The maximum atomic E-state index is 13.1. The number of rotatable bonds is 6. The van der Waals surface area contributed by atoms with E-state index in [-0.39, 0.29) is 29.1 Å². The Morgan fingerprint density at radius 1 is 1.38 bits per heavy atom. The van der Waals surface area contributed by atoms with Gasteiger partial charge in [-0.1, -0.05) is 11.1 Å². The smallest absolute Gasteiger partial charge is 0.278 e. The van der Waals surface area contributed by atoms with Crippen molar-refractivity contribution in [2.45, 2.75) is 44.7 Å². The van der Waals surface area contributed by atoms with Crippen LogP contribution in [0, 0.1) is 25.2 Å². The molecule has 166 valence electrons. The summed E-state index contributed by atoms with van der Waals surface area (Å²) in [6.45, 7) is 2.25. The van der Waals surface area contributed by atoms with Crippen molar-refractivity contribution < 1.29 is 18.9 Å². The zero-order valence-electron chi connectivity index (χ0n) is 17.5. The zero-order valence-corrected chi connectivity index (χ0v) is 17.5. The molecule has 4 heterocycles. The lowest BCUT2D eigenvalue weighted by Crippen LogP contribution is -2.42. The average Bonchev–Trinajstić information content (AvgIpc) is 3.50. The number of aryl methyl sites for hydroxylation is 2. The maximum Gasteiger partial charge on any atom is 0.278 e. The highest BCUT2D eigenvalue weighted by molar-refractivity contribution is 6.02. The first kappa shape index (κ1) is 21.4. The Labute approximate surface area is 183 Å². The van der Waals surface area contributed by atoms with E-state index in [0.717, 1.165) is 0 Å². The van der Waals surface area contributed by atoms with E-state index in [0.29, 0.717) is 43.7 Å². The summed E-state index contributed by atoms with van der Waals surface area (Å²) in [5, 5.41) is 11.7. The number of terminal acetylenes is 1. The van der Waals surface area contributed by atoms with Crippen LogP contribution in [-0.4, -0.2) is 40.0 Å². The predicted molar refractivity (Wildman–Crippen MR) is 114 cm³/mol. The van der Waals surface area contributed by atoms with Gasteiger partial charge in [-0.25, -0.2) is 0 Å². The number of carbonyl (C=O) groups is 3. The number of hydrogen-bond donors (Lipinski definition) is 3. The van der Waals surface area contributed by atoms with Crippen LogP contribution >= 0.6 is 0 Å². The molecule has 0 saturated carbocycles. The maximum absolute atomic E-state index is 13.1. The van der Waals surface area contributed by atoms with Gasteiger partial charge in [0.2, 0.25) is 11.8 Å². The molecule has 2 aliphatic heterocycles. The van der Waals surface area contributed by atoms with E-state index in [1.807, 2.05) is 0 Å². The van der Waals surface area contributed by atoms with Gasteiger partial charge in [-0.3, -0.25) is 23.7 Å². The lowest BCUT2D eigenvalue weighted by atomic mass is 9.98. The summed E-state index contributed by atoms with van der Waals surface area (Å²) in [6.07, 6.45) is 7.56. The minimum Gasteiger partial charge on any atom is -0.361 e. The summed E-state index contributed by atoms with van der Waals surface area (Å²) in [4.78, 5) is 50.2. The van der Waals surface area contributed by atoms with Gasteiger partial charge >= 0.3 is 0 Å². The molecule has 1 saturated heterocycles. The summed E-state index contributed by atoms with van der Waals surface area (Å²) in [5.41, 5.74) is 0.295. The van der Waals surface area contributed by atoms with Gasteiger partial charge in [0.05, 0.1) is 6.04 Å². The van der Waals surface area contributed by atoms with Crippen LogP contribution < -0.4 is 21.5 Å². The Bertz CT molecular complexity index is 1170. The Hall–Kier alpha value is -3.87. The molecular weight excluding hydrogens is 414 g/mol. The molecule has 3 amide bonds. The Balaban J connectivity index is 1.49. The van der Waals surface area contributed by atoms with Gasteiger partial charge in [-0.15, -0.1) is 6.42 Å². The number of anilines is 1. The van der Waals surface area contributed by atoms with Crippen LogP contribution in [0.1, 0.15) is 47.2 Å². The molecule has 10 nitrogen and oxygen atoms in total. The number of carbonyl (C=O) groups excluding carboxylic acids is 3. The molecule has 0 bridgehead atoms. The van der Waals surface area contributed by atoms with Crippen molar-refractivity contribution in [2.24, 2.45) is 5.92 Å². The van der Waals surface area contributed by atoms with Crippen LogP contribution in [-0.2, 0) is 16.0 Å². The van der Waals surface area contributed by atoms with E-state index < -0.39 is 23.6 Å². The van der Waals surface area contributed by atoms with Crippen molar-refractivity contribution in [1.29, 1.82) is 0 Å². The van der Waals surface area contributed by atoms with E-state index in [9.17, 15) is 19.2 Å². The second-order valence-electron chi connectivity index (χ2n) is 7.99. The molecule has 0 spiro atoms. The normalized spacial score (nSPS) is 20.2. The quantitative estimate of drug-likeness (QED) is 0.564. The number of hydrogen-bond acceptors (Lipinski definition) is 6. The summed E-state index contributed by atoms with van der Waals surface area (Å²) < 4.78 is 6.27. The second kappa shape index (κ2) is 8.70. The minimum absolute atomic E-state index is 0.0372. The highest BCUT2D eigenvalue weighted by atomic mass is 16.5. The molecule has 3 N–H and O–H groups in total. The zero-order chi connectivity index (χ0) is 22.8. The largest absolute Gasteiger partial charge is 0.361 e. The highest BCUT2D eigenvalue weighted by Crippen LogP contribution is 2.25. The van der Waals surface area contributed by atoms with Crippen molar-refractivity contribution in [2.75, 3.05) is 11.9 Å². The summed E-state index contributed by atoms with van der Waals surface area (Å²) in [6, 6.07) is 3.31. The average molecular weight is 437 g/mol. The van der Waals surface area contributed by atoms with E-state index in [1.165, 1.54) is 16.7 Å². The predicted octanol–water partition coefficient (Wildman–Crippen LogP) is 0.529. The second-order valence-corrected chi connectivity index (χ2v) is 7.99. The number of nitrogens with zero attached hydrogens (tertiary/aromatic N) is 2. The van der Waals surface area contributed by atoms with Gasteiger partial charge in [0.1, 0.15) is 17.5 Å². The fourth-order valence-electron chi connectivity index (χ4n) is 4.14. The third-order valence-electron chi connectivity index (χ3n) is 5.80. The standard InChI is InChI=1S/C22H23N5O5/c1-3-14(11-13-8-9-23-19(13)28)24-21(30)18-7-5-15-4-6-16(22(31)27(15)18)25-20(29)17-10-12(2)32-26-17/h1,4,6,10,13-14,18H,5,7-9,11H2,2H3,(H,23,28)(H,24,30)(H,25,29). The van der Waals surface area contributed by atoms with Gasteiger partial charge in [-0.05, 0) is 44.7 Å². The molecule has 10 heteroatoms. The third kappa shape index (κ3) is 4.14. The molecule has 3 atom stereocenters. The summed E-state index contributed by atoms with van der Waals surface area (Å²) in [5.74, 6) is 1.72. The molecule has 0 aromatic carbocycles. The van der Waals surface area contributed by atoms with Gasteiger partial charge < -0.3 is 20.5 Å². The van der Waals surface area contributed by atoms with E-state index in [2.05, 4.69) is 27.0 Å². The fourth-order valence-corrected chi connectivity index (χ4v) is 4.14. The Morgan fingerprint density at radius 3 is 2.84 bits per heavy atom. The van der Waals surface area contributed by atoms with Crippen molar-refractivity contribution in [3.8, 4) is 12.3 Å². The Morgan fingerprint density at radius 2 is 2.19 bits per heavy atom. The molecule has 2 aromatic heterocycles. The lowest BCUT2D eigenvalue weighted by Gasteiger charge is -2.20. The van der Waals surface area contributed by atoms with E-state index >= 15 is 0 Å². The van der Waals surface area contributed by atoms with E-state index in [4.69, 9.17) is 10.9 Å². The molecule has 0 aliphatic carbocycles. The van der Waals surface area contributed by atoms with Crippen LogP contribution in [0.2, 0.25) is 0 Å². The van der Waals surface area contributed by atoms with Crippen molar-refractivity contribution in [3.05, 3.63) is 45.7 Å². The molecule has 1 fully saturated rings. The monoisotopic (exact) mass is 437 g/mol. The van der Waals surface area contributed by atoms with Crippen LogP contribution in [0.3, 0.4) is 0 Å².